The number of hydrogen-bond acceptors (Lipinski definition) is 4. The third-order valence-corrected chi connectivity index (χ3v) is 15.6. The predicted octanol–water partition coefficient (Wildman–Crippen LogP) is 14.0. The van der Waals surface area contributed by atoms with Crippen LogP contribution in [0.2, 0.25) is 17.3 Å². The summed E-state index contributed by atoms with van der Waals surface area (Å²) < 4.78 is 23.9. The molecule has 0 saturated carbocycles. The van der Waals surface area contributed by atoms with Crippen LogP contribution in [-0.2, 0) is 25.5 Å². The monoisotopic (exact) mass is 1070 g/mol. The molecule has 0 amide bonds. The van der Waals surface area contributed by atoms with Gasteiger partial charge in [-0.2, -0.15) is 0 Å². The minimum absolute atomic E-state index is 0. The van der Waals surface area contributed by atoms with Gasteiger partial charge in [-0.15, -0.1) is 17.7 Å². The first kappa shape index (κ1) is 43.7. The van der Waals surface area contributed by atoms with Crippen molar-refractivity contribution in [3.05, 3.63) is 187 Å². The first-order chi connectivity index (χ1) is 29.8. The van der Waals surface area contributed by atoms with Crippen molar-refractivity contribution in [3.63, 3.8) is 0 Å². The first-order valence-electron chi connectivity index (χ1n) is 21.0. The molecule has 0 spiro atoms. The van der Waals surface area contributed by atoms with E-state index in [-0.39, 0.29) is 31.3 Å². The van der Waals surface area contributed by atoms with Crippen molar-refractivity contribution in [3.8, 4) is 50.7 Å². The number of furan rings is 1. The standard InChI is InChI=1S/C41H31FN3O.C14H16GeN.Ir/c1-25-14-20-31(38-37(25)30-21-22-33(44-40(30)46-38)27-15-18-29(42)19-16-27)39-43-34-12-8-9-13-36(34)45(39)35-23-17-28(41(2,3)4)24-32(35)26-10-6-5-7-11-26;1-15(2,3)13-9-10-14(16-11-13)12-7-5-4-6-8-12;/h5-19,21-24H,1-4H3;4-7,9-11H,1-3H3;/q2*-1;. The Kier molecular flexibility index (Phi) is 12.2. The van der Waals surface area contributed by atoms with Gasteiger partial charge < -0.3 is 8.98 Å². The summed E-state index contributed by atoms with van der Waals surface area (Å²) in [4.78, 5) is 14.6. The zero-order valence-electron chi connectivity index (χ0n) is 36.4. The Morgan fingerprint density at radius 2 is 1.44 bits per heavy atom. The van der Waals surface area contributed by atoms with Crippen LogP contribution in [0.15, 0.2) is 162 Å². The van der Waals surface area contributed by atoms with Gasteiger partial charge in [-0.1, -0.05) is 87.2 Å². The van der Waals surface area contributed by atoms with Crippen molar-refractivity contribution in [2.75, 3.05) is 0 Å². The van der Waals surface area contributed by atoms with Gasteiger partial charge in [-0.05, 0) is 77.2 Å². The molecule has 0 fully saturated rings. The summed E-state index contributed by atoms with van der Waals surface area (Å²) in [6, 6.07) is 56.8. The van der Waals surface area contributed by atoms with Gasteiger partial charge in [0.05, 0.1) is 28.1 Å². The first-order valence-corrected chi connectivity index (χ1v) is 28.3. The van der Waals surface area contributed by atoms with Crippen LogP contribution in [0.25, 0.3) is 83.8 Å². The maximum atomic E-state index is 13.6. The number of pyridine rings is 2. The van der Waals surface area contributed by atoms with E-state index in [4.69, 9.17) is 14.4 Å². The molecule has 4 aromatic heterocycles. The largest absolute Gasteiger partial charge is 0 e. The third kappa shape index (κ3) is 8.83. The van der Waals surface area contributed by atoms with Crippen LogP contribution >= 0.6 is 0 Å². The fraction of sp³-hybridized carbons (Fsp3) is 0.145. The van der Waals surface area contributed by atoms with E-state index in [9.17, 15) is 4.39 Å². The Balaban J connectivity index is 0.000000271. The average molecular weight is 1060 g/mol. The van der Waals surface area contributed by atoms with E-state index in [1.54, 1.807) is 12.1 Å². The maximum Gasteiger partial charge on any atom is 0 e. The third-order valence-electron chi connectivity index (χ3n) is 11.3. The summed E-state index contributed by atoms with van der Waals surface area (Å²) in [6.45, 7) is 8.78. The maximum absolute atomic E-state index is 13.6. The molecule has 8 heteroatoms. The second-order valence-electron chi connectivity index (χ2n) is 17.8. The molecule has 0 aliphatic rings. The van der Waals surface area contributed by atoms with Crippen molar-refractivity contribution >= 4 is 50.8 Å². The van der Waals surface area contributed by atoms with Crippen LogP contribution in [0.5, 0.6) is 0 Å². The van der Waals surface area contributed by atoms with Gasteiger partial charge in [0.2, 0.25) is 5.71 Å². The minimum Gasteiger partial charge on any atom is 0 e. The number of para-hydroxylation sites is 2. The molecule has 0 aliphatic heterocycles. The van der Waals surface area contributed by atoms with Crippen LogP contribution < -0.4 is 4.40 Å². The van der Waals surface area contributed by atoms with Crippen LogP contribution in [0.1, 0.15) is 31.9 Å². The molecule has 0 saturated heterocycles. The molecule has 6 aromatic carbocycles. The van der Waals surface area contributed by atoms with Crippen molar-refractivity contribution in [2.24, 2.45) is 0 Å². The molecule has 0 atom stereocenters. The van der Waals surface area contributed by atoms with Crippen molar-refractivity contribution in [1.82, 2.24) is 19.5 Å². The summed E-state index contributed by atoms with van der Waals surface area (Å²) in [5, 5.41) is 1.89. The molecule has 0 aliphatic carbocycles. The van der Waals surface area contributed by atoms with E-state index in [1.807, 2.05) is 72.9 Å². The van der Waals surface area contributed by atoms with Crippen LogP contribution in [-0.4, -0.2) is 32.8 Å². The minimum atomic E-state index is -1.72. The van der Waals surface area contributed by atoms with Gasteiger partial charge in [0.15, 0.2) is 0 Å². The predicted molar refractivity (Wildman–Crippen MR) is 256 cm³/mol. The molecule has 4 heterocycles. The quantitative estimate of drug-likeness (QED) is 0.123. The Morgan fingerprint density at radius 3 is 2.14 bits per heavy atom. The number of benzene rings is 6. The van der Waals surface area contributed by atoms with E-state index in [0.29, 0.717) is 17.0 Å². The van der Waals surface area contributed by atoms with E-state index >= 15 is 0 Å². The number of rotatable bonds is 6. The summed E-state index contributed by atoms with van der Waals surface area (Å²) >= 11 is -1.72. The Hall–Kier alpha value is -5.99. The molecule has 0 bridgehead atoms. The zero-order valence-corrected chi connectivity index (χ0v) is 40.9. The van der Waals surface area contributed by atoms with Gasteiger partial charge in [0.1, 0.15) is 5.82 Å². The molecule has 10 rings (SSSR count). The fourth-order valence-corrected chi connectivity index (χ4v) is 10.0. The SMILES string of the molecule is Cc1c[c-]c(-c2nc3ccccc3n2-c2ccc(C(C)(C)C)cc2-c2ccccc2)c2oc3nc(-c4ccc(F)cc4)ccc3c12.[CH3][Ge]([CH3])([CH3])[c]1ccc(-c2[c-]cccc2)nc1.[Ir]. The van der Waals surface area contributed by atoms with Gasteiger partial charge in [-0.25, -0.2) is 9.37 Å². The summed E-state index contributed by atoms with van der Waals surface area (Å²) in [7, 11) is 0. The molecule has 0 N–H and O–H groups in total. The van der Waals surface area contributed by atoms with Gasteiger partial charge in [0, 0.05) is 42.3 Å². The number of aromatic nitrogens is 4. The van der Waals surface area contributed by atoms with Gasteiger partial charge >= 0.3 is 99.8 Å². The molecule has 0 unspecified atom stereocenters. The molecular weight excluding hydrogens is 1020 g/mol. The van der Waals surface area contributed by atoms with E-state index in [2.05, 4.69) is 127 Å². The van der Waals surface area contributed by atoms with E-state index < -0.39 is 13.3 Å². The molecule has 315 valence electrons. The number of aryl methyl sites for hydroxylation is 1. The molecule has 10 aromatic rings. The topological polar surface area (TPSA) is 56.7 Å². The second-order valence-corrected chi connectivity index (χ2v) is 28.4. The summed E-state index contributed by atoms with van der Waals surface area (Å²) in [5.74, 6) is 7.60. The molecule has 63 heavy (non-hydrogen) atoms. The second kappa shape index (κ2) is 17.6. The Morgan fingerprint density at radius 1 is 0.714 bits per heavy atom. The van der Waals surface area contributed by atoms with E-state index in [0.717, 1.165) is 72.4 Å². The number of imidazole rings is 1. The van der Waals surface area contributed by atoms with Crippen molar-refractivity contribution in [2.45, 2.75) is 50.4 Å². The van der Waals surface area contributed by atoms with Crippen LogP contribution in [0.3, 0.4) is 0 Å². The van der Waals surface area contributed by atoms with E-state index in [1.165, 1.54) is 22.1 Å². The van der Waals surface area contributed by atoms with Crippen LogP contribution in [0.4, 0.5) is 4.39 Å². The normalized spacial score (nSPS) is 11.7. The summed E-state index contributed by atoms with van der Waals surface area (Å²) in [5.41, 5.74) is 13.0. The molecule has 1 radical (unpaired) electrons. The van der Waals surface area contributed by atoms with Crippen molar-refractivity contribution < 1.29 is 28.9 Å². The molecular formula is C55H47FGeIrN4O-2. The number of fused-ring (bicyclic) bond motifs is 4. The van der Waals surface area contributed by atoms with Gasteiger partial charge in [0.25, 0.3) is 0 Å². The average Bonchev–Trinajstić information content (AvgIpc) is 3.86. The summed E-state index contributed by atoms with van der Waals surface area (Å²) in [6.07, 6.45) is 2.04. The molecule has 5 nitrogen and oxygen atoms in total. The van der Waals surface area contributed by atoms with Crippen LogP contribution in [0, 0.1) is 24.9 Å². The van der Waals surface area contributed by atoms with Crippen molar-refractivity contribution in [1.29, 1.82) is 0 Å². The number of nitrogens with zero attached hydrogens (tertiary/aromatic N) is 4. The number of halogens is 1. The fourth-order valence-electron chi connectivity index (χ4n) is 7.85. The smallest absolute Gasteiger partial charge is 0 e. The van der Waals surface area contributed by atoms with Gasteiger partial charge in [-0.3, -0.25) is 4.98 Å². The Labute approximate surface area is 384 Å². The Bertz CT molecular complexity index is 3200. The number of hydrogen-bond donors (Lipinski definition) is 0. The zero-order chi connectivity index (χ0) is 43.2.